The Kier molecular flexibility index (Phi) is 11.2. The van der Waals surface area contributed by atoms with E-state index in [1.807, 2.05) is 0 Å². The van der Waals surface area contributed by atoms with Gasteiger partial charge in [0.05, 0.1) is 37.5 Å². The van der Waals surface area contributed by atoms with Crippen molar-refractivity contribution in [3.63, 3.8) is 0 Å². The predicted octanol–water partition coefficient (Wildman–Crippen LogP) is 5.09. The summed E-state index contributed by atoms with van der Waals surface area (Å²) in [5.74, 6) is 2.05. The number of hydrogen-bond donors (Lipinski definition) is 0. The maximum atomic E-state index is 11.4. The van der Waals surface area contributed by atoms with Gasteiger partial charge in [0.25, 0.3) is 0 Å². The van der Waals surface area contributed by atoms with Crippen molar-refractivity contribution in [2.24, 2.45) is 0 Å². The minimum Gasteiger partial charge on any atom is -0.466 e. The average molecular weight is 287 g/mol. The molecule has 0 aromatic carbocycles. The van der Waals surface area contributed by atoms with Crippen molar-refractivity contribution in [3.8, 4) is 0 Å². The topological polar surface area (TPSA) is 26.3 Å². The maximum Gasteiger partial charge on any atom is 0.333 e. The van der Waals surface area contributed by atoms with E-state index in [1.54, 1.807) is 6.08 Å². The second-order valence-corrected chi connectivity index (χ2v) is 9.37. The molecule has 0 aliphatic rings. The number of rotatable bonds is 11. The van der Waals surface area contributed by atoms with Gasteiger partial charge >= 0.3 is 5.97 Å². The normalized spacial score (nSPS) is 12.0. The molecule has 0 spiro atoms. The van der Waals surface area contributed by atoms with Crippen LogP contribution in [0.2, 0.25) is 0 Å². The van der Waals surface area contributed by atoms with Crippen molar-refractivity contribution in [2.45, 2.75) is 59.3 Å². The Morgan fingerprint density at radius 3 is 1.68 bits per heavy atom. The van der Waals surface area contributed by atoms with Gasteiger partial charge < -0.3 is 4.74 Å². The van der Waals surface area contributed by atoms with Gasteiger partial charge in [0.15, 0.2) is 0 Å². The summed E-state index contributed by atoms with van der Waals surface area (Å²) in [6.07, 6.45) is 13.2. The van der Waals surface area contributed by atoms with E-state index in [0.29, 0.717) is 0 Å². The van der Waals surface area contributed by atoms with Crippen molar-refractivity contribution in [2.75, 3.05) is 25.6 Å². The third-order valence-corrected chi connectivity index (χ3v) is 8.00. The molecule has 0 fully saturated rings. The molecule has 0 radical (unpaired) electrons. The zero-order chi connectivity index (χ0) is 14.6. The van der Waals surface area contributed by atoms with Crippen molar-refractivity contribution in [1.29, 1.82) is 0 Å². The molecule has 0 atom stereocenters. The van der Waals surface area contributed by atoms with Crippen LogP contribution in [0.3, 0.4) is 0 Å². The molecule has 0 aromatic rings. The molecule has 0 aliphatic heterocycles. The minimum atomic E-state index is -1.09. The summed E-state index contributed by atoms with van der Waals surface area (Å²) in [7, 11) is 0.361. The Balaban J connectivity index is 4.85. The lowest BCUT2D eigenvalue weighted by Crippen LogP contribution is -2.07. The molecule has 0 N–H and O–H groups in total. The van der Waals surface area contributed by atoms with E-state index in [0.717, 1.165) is 0 Å². The fraction of sp³-hybridized carbons (Fsp3) is 0.812. The van der Waals surface area contributed by atoms with Gasteiger partial charge in [-0.05, 0) is 19.3 Å². The highest BCUT2D eigenvalue weighted by Crippen LogP contribution is 2.62. The van der Waals surface area contributed by atoms with E-state index in [9.17, 15) is 4.79 Å². The molecule has 0 saturated heterocycles. The first-order valence-corrected chi connectivity index (χ1v) is 10.2. The first kappa shape index (κ1) is 18.6. The van der Waals surface area contributed by atoms with Gasteiger partial charge in [-0.25, -0.2) is 4.79 Å². The Hall–Kier alpha value is -0.360. The number of carbonyl (C=O) groups is 1. The number of methoxy groups -OCH3 is 1. The van der Waals surface area contributed by atoms with Crippen molar-refractivity contribution in [1.82, 2.24) is 0 Å². The maximum absolute atomic E-state index is 11.4. The molecule has 0 amide bonds. The minimum absolute atomic E-state index is 0.200. The molecule has 0 bridgehead atoms. The summed E-state index contributed by atoms with van der Waals surface area (Å²) in [4.78, 5) is 11.4. The van der Waals surface area contributed by atoms with Gasteiger partial charge in [-0.15, -0.1) is 0 Å². The van der Waals surface area contributed by atoms with Gasteiger partial charge in [-0.2, -0.15) is 0 Å². The van der Waals surface area contributed by atoms with Crippen LogP contribution in [0.4, 0.5) is 0 Å². The van der Waals surface area contributed by atoms with Crippen LogP contribution in [-0.4, -0.2) is 31.6 Å². The highest BCUT2D eigenvalue weighted by molar-refractivity contribution is 7.78. The zero-order valence-electron chi connectivity index (χ0n) is 13.3. The van der Waals surface area contributed by atoms with Crippen LogP contribution in [0, 0.1) is 0 Å². The Morgan fingerprint density at radius 2 is 1.37 bits per heavy atom. The standard InChI is InChI=1S/C16H32O2P/c1-5-8-12-19(13-9-6-2,14-10-7-3)15-11-16(17)18-4/h11,15H,5-10,12-14H2,1-4H3/q+1/b15-11+. The number of esters is 1. The average Bonchev–Trinajstić information content (AvgIpc) is 2.45. The molecule has 112 valence electrons. The molecule has 0 aromatic heterocycles. The number of carbonyl (C=O) groups excluding carboxylic acids is 1. The van der Waals surface area contributed by atoms with Crippen LogP contribution in [0.1, 0.15) is 59.3 Å². The zero-order valence-corrected chi connectivity index (χ0v) is 14.2. The third-order valence-electron chi connectivity index (χ3n) is 3.60. The Morgan fingerprint density at radius 1 is 0.947 bits per heavy atom. The first-order chi connectivity index (χ1) is 9.14. The lowest BCUT2D eigenvalue weighted by Gasteiger charge is -2.24. The molecule has 0 rings (SSSR count). The molecule has 0 aliphatic carbocycles. The highest BCUT2D eigenvalue weighted by atomic mass is 31.2. The summed E-state index contributed by atoms with van der Waals surface area (Å²) in [5.41, 5.74) is 0. The lowest BCUT2D eigenvalue weighted by atomic mass is 10.4. The molecule has 0 unspecified atom stereocenters. The second kappa shape index (κ2) is 11.5. The molecule has 19 heavy (non-hydrogen) atoms. The molecular weight excluding hydrogens is 255 g/mol. The van der Waals surface area contributed by atoms with E-state index < -0.39 is 7.26 Å². The van der Waals surface area contributed by atoms with Gasteiger partial charge in [0, 0.05) is 7.26 Å². The predicted molar refractivity (Wildman–Crippen MR) is 87.4 cm³/mol. The fourth-order valence-corrected chi connectivity index (χ4v) is 6.66. The molecule has 0 heterocycles. The summed E-state index contributed by atoms with van der Waals surface area (Å²) < 4.78 is 4.75. The largest absolute Gasteiger partial charge is 0.466 e. The molecule has 3 heteroatoms. The lowest BCUT2D eigenvalue weighted by molar-refractivity contribution is -0.134. The first-order valence-electron chi connectivity index (χ1n) is 7.77. The van der Waals surface area contributed by atoms with Crippen molar-refractivity contribution in [3.05, 3.63) is 11.9 Å². The number of hydrogen-bond acceptors (Lipinski definition) is 2. The van der Waals surface area contributed by atoms with Gasteiger partial charge in [0.2, 0.25) is 0 Å². The molecule has 0 saturated carbocycles. The van der Waals surface area contributed by atoms with E-state index in [1.165, 1.54) is 64.1 Å². The van der Waals surface area contributed by atoms with Crippen LogP contribution in [0.15, 0.2) is 11.9 Å². The Labute approximate surface area is 120 Å². The summed E-state index contributed by atoms with van der Waals surface area (Å²) in [6.45, 7) is 6.75. The highest BCUT2D eigenvalue weighted by Gasteiger charge is 2.33. The van der Waals surface area contributed by atoms with Crippen LogP contribution in [-0.2, 0) is 9.53 Å². The van der Waals surface area contributed by atoms with Gasteiger partial charge in [-0.1, -0.05) is 40.0 Å². The van der Waals surface area contributed by atoms with Gasteiger partial charge in [-0.3, -0.25) is 0 Å². The van der Waals surface area contributed by atoms with Crippen LogP contribution in [0.5, 0.6) is 0 Å². The summed E-state index contributed by atoms with van der Waals surface area (Å²) in [6, 6.07) is 0. The van der Waals surface area contributed by atoms with Crippen molar-refractivity contribution < 1.29 is 9.53 Å². The summed E-state index contributed by atoms with van der Waals surface area (Å²) in [5, 5.41) is 0. The Bertz CT molecular complexity index is 240. The van der Waals surface area contributed by atoms with Crippen LogP contribution in [0.25, 0.3) is 0 Å². The van der Waals surface area contributed by atoms with Crippen molar-refractivity contribution >= 4 is 13.2 Å². The molecule has 2 nitrogen and oxygen atoms in total. The number of ether oxygens (including phenoxy) is 1. The van der Waals surface area contributed by atoms with E-state index in [-0.39, 0.29) is 5.97 Å². The van der Waals surface area contributed by atoms with Crippen LogP contribution >= 0.6 is 7.26 Å². The number of unbranched alkanes of at least 4 members (excludes halogenated alkanes) is 3. The third kappa shape index (κ3) is 8.42. The van der Waals surface area contributed by atoms with E-state index in [4.69, 9.17) is 4.74 Å². The van der Waals surface area contributed by atoms with E-state index in [2.05, 4.69) is 26.6 Å². The van der Waals surface area contributed by atoms with E-state index >= 15 is 0 Å². The fourth-order valence-electron chi connectivity index (χ4n) is 2.27. The quantitative estimate of drug-likeness (QED) is 0.300. The monoisotopic (exact) mass is 287 g/mol. The van der Waals surface area contributed by atoms with Gasteiger partial charge in [0.1, 0.15) is 0 Å². The van der Waals surface area contributed by atoms with Crippen LogP contribution < -0.4 is 0 Å². The smallest absolute Gasteiger partial charge is 0.333 e. The molecular formula is C16H32O2P+. The second-order valence-electron chi connectivity index (χ2n) is 5.29. The SMILES string of the molecule is CCCC[P+](/C=C/C(=O)OC)(CCCC)CCCC. The summed E-state index contributed by atoms with van der Waals surface area (Å²) >= 11 is 0.